The van der Waals surface area contributed by atoms with Crippen LogP contribution in [0.1, 0.15) is 30.1 Å². The molecule has 1 aliphatic rings. The molecule has 2 N–H and O–H groups in total. The molecule has 1 fully saturated rings. The fraction of sp³-hybridized carbons (Fsp3) is 0.636. The topological polar surface area (TPSA) is 64.2 Å². The predicted octanol–water partition coefficient (Wildman–Crippen LogP) is 0.873. The van der Waals surface area contributed by atoms with Gasteiger partial charge in [0.1, 0.15) is 11.4 Å². The summed E-state index contributed by atoms with van der Waals surface area (Å²) in [6.07, 6.45) is 3.98. The van der Waals surface area contributed by atoms with E-state index in [0.717, 1.165) is 0 Å². The monoisotopic (exact) mass is 222 g/mol. The summed E-state index contributed by atoms with van der Waals surface area (Å²) in [5.74, 6) is 1.05. The summed E-state index contributed by atoms with van der Waals surface area (Å²) in [5.41, 5.74) is 6.28. The van der Waals surface area contributed by atoms with Gasteiger partial charge >= 0.3 is 0 Å². The smallest absolute Gasteiger partial charge is 0.259 e. The van der Waals surface area contributed by atoms with Crippen LogP contribution in [0.5, 0.6) is 0 Å². The van der Waals surface area contributed by atoms with Gasteiger partial charge in [-0.15, -0.1) is 0 Å². The van der Waals surface area contributed by atoms with E-state index in [1.54, 1.807) is 11.9 Å². The number of amides is 1. The molecule has 1 atom stereocenters. The van der Waals surface area contributed by atoms with Crippen LogP contribution < -0.4 is 5.73 Å². The van der Waals surface area contributed by atoms with E-state index < -0.39 is 0 Å². The number of hydrogen-bond acceptors (Lipinski definition) is 3. The second kappa shape index (κ2) is 3.81. The molecule has 1 aromatic heterocycles. The van der Waals surface area contributed by atoms with Crippen molar-refractivity contribution < 1.29 is 4.79 Å². The first kappa shape index (κ1) is 11.0. The largest absolute Gasteiger partial charge is 0.383 e. The lowest BCUT2D eigenvalue weighted by Gasteiger charge is -2.24. The molecule has 1 aliphatic carbocycles. The fourth-order valence-corrected chi connectivity index (χ4v) is 1.88. The Bertz CT molecular complexity index is 408. The van der Waals surface area contributed by atoms with Gasteiger partial charge in [-0.1, -0.05) is 0 Å². The quantitative estimate of drug-likeness (QED) is 0.825. The summed E-state index contributed by atoms with van der Waals surface area (Å²) < 4.78 is 1.52. The Balaban J connectivity index is 2.14. The molecule has 0 bridgehead atoms. The predicted molar refractivity (Wildman–Crippen MR) is 61.9 cm³/mol. The van der Waals surface area contributed by atoms with Gasteiger partial charge in [0.2, 0.25) is 0 Å². The van der Waals surface area contributed by atoms with Gasteiger partial charge in [0.05, 0.1) is 6.20 Å². The summed E-state index contributed by atoms with van der Waals surface area (Å²) in [6.45, 7) is 2.09. The third-order valence-corrected chi connectivity index (χ3v) is 3.45. The van der Waals surface area contributed by atoms with Gasteiger partial charge in [0.15, 0.2) is 0 Å². The lowest BCUT2D eigenvalue weighted by atomic mass is 10.1. The van der Waals surface area contributed by atoms with E-state index in [4.69, 9.17) is 5.73 Å². The van der Waals surface area contributed by atoms with Crippen molar-refractivity contribution in [1.82, 2.24) is 14.7 Å². The molecule has 1 amide bonds. The Kier molecular flexibility index (Phi) is 2.61. The highest BCUT2D eigenvalue weighted by Crippen LogP contribution is 2.35. The number of aryl methyl sites for hydroxylation is 1. The number of anilines is 1. The average Bonchev–Trinajstić information content (AvgIpc) is 3.05. The zero-order valence-electron chi connectivity index (χ0n) is 9.97. The molecule has 0 spiro atoms. The van der Waals surface area contributed by atoms with Gasteiger partial charge in [0, 0.05) is 20.1 Å². The summed E-state index contributed by atoms with van der Waals surface area (Å²) in [6, 6.07) is 0.284. The van der Waals surface area contributed by atoms with Crippen molar-refractivity contribution in [3.63, 3.8) is 0 Å². The third-order valence-electron chi connectivity index (χ3n) is 3.45. The zero-order valence-corrected chi connectivity index (χ0v) is 9.97. The molecule has 1 aromatic rings. The Morgan fingerprint density at radius 3 is 2.75 bits per heavy atom. The van der Waals surface area contributed by atoms with Crippen LogP contribution in [0.3, 0.4) is 0 Å². The van der Waals surface area contributed by atoms with Gasteiger partial charge in [0.25, 0.3) is 5.91 Å². The van der Waals surface area contributed by atoms with E-state index >= 15 is 0 Å². The minimum Gasteiger partial charge on any atom is -0.383 e. The summed E-state index contributed by atoms with van der Waals surface area (Å²) >= 11 is 0. The minimum atomic E-state index is -0.0370. The molecule has 5 nitrogen and oxygen atoms in total. The number of nitrogens with two attached hydrogens (primary N) is 1. The third kappa shape index (κ3) is 1.77. The normalized spacial score (nSPS) is 17.2. The average molecular weight is 222 g/mol. The van der Waals surface area contributed by atoms with E-state index in [0.29, 0.717) is 17.3 Å². The van der Waals surface area contributed by atoms with Crippen LogP contribution in [0, 0.1) is 5.92 Å². The van der Waals surface area contributed by atoms with E-state index in [2.05, 4.69) is 12.0 Å². The Morgan fingerprint density at radius 2 is 2.31 bits per heavy atom. The summed E-state index contributed by atoms with van der Waals surface area (Å²) in [4.78, 5) is 13.9. The standard InChI is InChI=1S/C11H18N4O/c1-7(8-4-5-8)14(2)11(16)9-6-13-15(3)10(9)12/h6-8H,4-5,12H2,1-3H3. The van der Waals surface area contributed by atoms with Gasteiger partial charge in [-0.25, -0.2) is 0 Å². The fourth-order valence-electron chi connectivity index (χ4n) is 1.88. The second-order valence-corrected chi connectivity index (χ2v) is 4.56. The maximum Gasteiger partial charge on any atom is 0.259 e. The van der Waals surface area contributed by atoms with Crippen LogP contribution >= 0.6 is 0 Å². The lowest BCUT2D eigenvalue weighted by Crippen LogP contribution is -2.36. The maximum atomic E-state index is 12.1. The Hall–Kier alpha value is -1.52. The first-order valence-electron chi connectivity index (χ1n) is 5.57. The first-order valence-corrected chi connectivity index (χ1v) is 5.57. The molecule has 1 saturated carbocycles. The summed E-state index contributed by atoms with van der Waals surface area (Å²) in [5, 5.41) is 3.98. The van der Waals surface area contributed by atoms with Crippen molar-refractivity contribution >= 4 is 11.7 Å². The van der Waals surface area contributed by atoms with Gasteiger partial charge in [-0.3, -0.25) is 9.48 Å². The minimum absolute atomic E-state index is 0.0370. The van der Waals surface area contributed by atoms with E-state index in [1.807, 2.05) is 7.05 Å². The number of nitrogen functional groups attached to an aromatic ring is 1. The Labute approximate surface area is 95.2 Å². The van der Waals surface area contributed by atoms with Gasteiger partial charge in [-0.2, -0.15) is 5.10 Å². The van der Waals surface area contributed by atoms with Crippen molar-refractivity contribution in [3.8, 4) is 0 Å². The lowest BCUT2D eigenvalue weighted by molar-refractivity contribution is 0.0728. The molecule has 0 radical (unpaired) electrons. The highest BCUT2D eigenvalue weighted by molar-refractivity contribution is 5.98. The summed E-state index contributed by atoms with van der Waals surface area (Å²) in [7, 11) is 3.56. The number of nitrogens with zero attached hydrogens (tertiary/aromatic N) is 3. The highest BCUT2D eigenvalue weighted by atomic mass is 16.2. The van der Waals surface area contributed by atoms with Crippen molar-refractivity contribution in [1.29, 1.82) is 0 Å². The number of hydrogen-bond donors (Lipinski definition) is 1. The molecule has 5 heteroatoms. The molecule has 2 rings (SSSR count). The second-order valence-electron chi connectivity index (χ2n) is 4.56. The molecule has 0 aliphatic heterocycles. The molecule has 1 unspecified atom stereocenters. The van der Waals surface area contributed by atoms with Crippen molar-refractivity contribution in [2.24, 2.45) is 13.0 Å². The number of carbonyl (C=O) groups excluding carboxylic acids is 1. The van der Waals surface area contributed by atoms with Gasteiger partial charge in [-0.05, 0) is 25.7 Å². The van der Waals surface area contributed by atoms with Crippen LogP contribution in [0.4, 0.5) is 5.82 Å². The number of carbonyl (C=O) groups is 1. The van der Waals surface area contributed by atoms with E-state index in [9.17, 15) is 4.79 Å². The zero-order chi connectivity index (χ0) is 11.9. The molecular formula is C11H18N4O. The van der Waals surface area contributed by atoms with Gasteiger partial charge < -0.3 is 10.6 Å². The maximum absolute atomic E-state index is 12.1. The Morgan fingerprint density at radius 1 is 1.69 bits per heavy atom. The SMILES string of the molecule is CC(C1CC1)N(C)C(=O)c1cnn(C)c1N. The van der Waals surface area contributed by atoms with Crippen molar-refractivity contribution in [2.45, 2.75) is 25.8 Å². The number of rotatable bonds is 3. The molecular weight excluding hydrogens is 204 g/mol. The first-order chi connectivity index (χ1) is 7.52. The van der Waals surface area contributed by atoms with Crippen LogP contribution in [0.15, 0.2) is 6.20 Å². The molecule has 0 aromatic carbocycles. The van der Waals surface area contributed by atoms with E-state index in [1.165, 1.54) is 23.7 Å². The van der Waals surface area contributed by atoms with Crippen LogP contribution in [-0.2, 0) is 7.05 Å². The highest BCUT2D eigenvalue weighted by Gasteiger charge is 2.33. The molecule has 88 valence electrons. The van der Waals surface area contributed by atoms with Crippen molar-refractivity contribution in [3.05, 3.63) is 11.8 Å². The van der Waals surface area contributed by atoms with Crippen LogP contribution in [-0.4, -0.2) is 33.7 Å². The molecule has 1 heterocycles. The molecule has 16 heavy (non-hydrogen) atoms. The number of aromatic nitrogens is 2. The van der Waals surface area contributed by atoms with Crippen molar-refractivity contribution in [2.75, 3.05) is 12.8 Å². The van der Waals surface area contributed by atoms with E-state index in [-0.39, 0.29) is 11.9 Å². The molecule has 0 saturated heterocycles. The van der Waals surface area contributed by atoms with Crippen LogP contribution in [0.2, 0.25) is 0 Å². The van der Waals surface area contributed by atoms with Crippen LogP contribution in [0.25, 0.3) is 0 Å².